The Labute approximate surface area is 218 Å². The van der Waals surface area contributed by atoms with Crippen LogP contribution in [0, 0.1) is 11.3 Å². The van der Waals surface area contributed by atoms with Crippen molar-refractivity contribution in [3.63, 3.8) is 0 Å². The van der Waals surface area contributed by atoms with Crippen LogP contribution in [0.15, 0.2) is 42.7 Å². The number of fused-ring (bicyclic) bond motifs is 1. The van der Waals surface area contributed by atoms with Gasteiger partial charge in [0, 0.05) is 23.5 Å². The SMILES string of the molecule is CC(C)[C@@H](Nc1ncnc2ccc(C(F)(F)F)nc12)C(=O)N1CC[C@](O)(c2ccc(Cl)cc2)C(C)(C)C1. The molecular formula is C26H29ClF3N5O2. The average molecular weight is 536 g/mol. The number of anilines is 1. The summed E-state index contributed by atoms with van der Waals surface area (Å²) in [6.07, 6.45) is -3.10. The number of nitrogens with zero attached hydrogens (tertiary/aromatic N) is 4. The number of pyridine rings is 1. The first-order valence-electron chi connectivity index (χ1n) is 12.0. The minimum absolute atomic E-state index is 0.0529. The molecule has 1 fully saturated rings. The van der Waals surface area contributed by atoms with Gasteiger partial charge in [0.25, 0.3) is 0 Å². The normalized spacial score (nSPS) is 20.8. The Morgan fingerprint density at radius 1 is 1.14 bits per heavy atom. The lowest BCUT2D eigenvalue weighted by Gasteiger charge is -2.51. The average Bonchev–Trinajstić information content (AvgIpc) is 2.83. The number of likely N-dealkylation sites (tertiary alicyclic amines) is 1. The van der Waals surface area contributed by atoms with Crippen LogP contribution in [0.25, 0.3) is 11.0 Å². The Morgan fingerprint density at radius 2 is 1.81 bits per heavy atom. The first kappa shape index (κ1) is 27.1. The zero-order chi connectivity index (χ0) is 27.2. The third-order valence-corrected chi connectivity index (χ3v) is 7.33. The predicted octanol–water partition coefficient (Wildman–Crippen LogP) is 5.28. The molecule has 1 saturated heterocycles. The molecule has 2 atom stereocenters. The molecule has 1 amide bonds. The lowest BCUT2D eigenvalue weighted by Crippen LogP contribution is -2.59. The smallest absolute Gasteiger partial charge is 0.384 e. The molecule has 1 aromatic carbocycles. The minimum atomic E-state index is -4.63. The summed E-state index contributed by atoms with van der Waals surface area (Å²) in [6, 6.07) is 8.35. The van der Waals surface area contributed by atoms with Crippen LogP contribution in [0.1, 0.15) is 45.4 Å². The van der Waals surface area contributed by atoms with Crippen molar-refractivity contribution in [3.05, 3.63) is 59.0 Å². The molecule has 3 aromatic rings. The summed E-state index contributed by atoms with van der Waals surface area (Å²) in [6.45, 7) is 8.06. The highest BCUT2D eigenvalue weighted by Gasteiger charge is 2.50. The van der Waals surface area contributed by atoms with Gasteiger partial charge in [0.05, 0.1) is 11.1 Å². The van der Waals surface area contributed by atoms with E-state index < -0.39 is 28.9 Å². The fraction of sp³-hybridized carbons (Fsp3) is 0.462. The highest BCUT2D eigenvalue weighted by molar-refractivity contribution is 6.30. The van der Waals surface area contributed by atoms with Gasteiger partial charge in [0.2, 0.25) is 5.91 Å². The van der Waals surface area contributed by atoms with E-state index in [1.54, 1.807) is 29.2 Å². The fourth-order valence-corrected chi connectivity index (χ4v) is 4.96. The summed E-state index contributed by atoms with van der Waals surface area (Å²) >= 11 is 6.02. The van der Waals surface area contributed by atoms with Gasteiger partial charge in [0.15, 0.2) is 5.82 Å². The quantitative estimate of drug-likeness (QED) is 0.462. The molecule has 37 heavy (non-hydrogen) atoms. The number of hydrogen-bond donors (Lipinski definition) is 2. The maximum Gasteiger partial charge on any atom is 0.433 e. The van der Waals surface area contributed by atoms with Crippen LogP contribution >= 0.6 is 11.6 Å². The van der Waals surface area contributed by atoms with Gasteiger partial charge in [-0.1, -0.05) is 51.4 Å². The number of benzene rings is 1. The third kappa shape index (κ3) is 5.22. The third-order valence-electron chi connectivity index (χ3n) is 7.08. The molecule has 2 N–H and O–H groups in total. The van der Waals surface area contributed by atoms with Gasteiger partial charge in [-0.15, -0.1) is 0 Å². The van der Waals surface area contributed by atoms with Crippen molar-refractivity contribution in [1.82, 2.24) is 19.9 Å². The summed E-state index contributed by atoms with van der Waals surface area (Å²) in [7, 11) is 0. The van der Waals surface area contributed by atoms with E-state index >= 15 is 0 Å². The van der Waals surface area contributed by atoms with Crippen LogP contribution in [-0.2, 0) is 16.6 Å². The van der Waals surface area contributed by atoms with Crippen LogP contribution in [0.2, 0.25) is 5.02 Å². The number of amides is 1. The van der Waals surface area contributed by atoms with Gasteiger partial charge >= 0.3 is 6.18 Å². The Bertz CT molecular complexity index is 1300. The predicted molar refractivity (Wildman–Crippen MR) is 135 cm³/mol. The van der Waals surface area contributed by atoms with E-state index in [1.165, 1.54) is 12.4 Å². The van der Waals surface area contributed by atoms with E-state index in [1.807, 2.05) is 27.7 Å². The van der Waals surface area contributed by atoms with Crippen LogP contribution < -0.4 is 5.32 Å². The molecule has 0 radical (unpaired) electrons. The standard InChI is InChI=1S/C26H29ClF3N5O2/c1-15(2)20(34-22-21-18(31-14-32-22)9-10-19(33-21)26(28,29)30)23(36)35-12-11-25(37,24(3,4)13-35)16-5-7-17(27)8-6-16/h5-10,14-15,20,37H,11-13H2,1-4H3,(H,31,32,34)/t20-,25+/m1/s1. The summed E-state index contributed by atoms with van der Waals surface area (Å²) in [5, 5.41) is 15.2. The van der Waals surface area contributed by atoms with Gasteiger partial charge < -0.3 is 15.3 Å². The van der Waals surface area contributed by atoms with Crippen LogP contribution in [0.5, 0.6) is 0 Å². The molecule has 1 aliphatic heterocycles. The number of carbonyl (C=O) groups excluding carboxylic acids is 1. The van der Waals surface area contributed by atoms with E-state index in [-0.39, 0.29) is 35.2 Å². The van der Waals surface area contributed by atoms with E-state index in [4.69, 9.17) is 11.6 Å². The zero-order valence-corrected chi connectivity index (χ0v) is 21.7. The van der Waals surface area contributed by atoms with E-state index in [2.05, 4.69) is 20.3 Å². The van der Waals surface area contributed by atoms with Crippen molar-refractivity contribution in [1.29, 1.82) is 0 Å². The number of hydrogen-bond acceptors (Lipinski definition) is 6. The maximum atomic E-state index is 13.7. The van der Waals surface area contributed by atoms with Crippen molar-refractivity contribution in [2.24, 2.45) is 11.3 Å². The summed E-state index contributed by atoms with van der Waals surface area (Å²) < 4.78 is 39.8. The van der Waals surface area contributed by atoms with Gasteiger partial charge in [-0.05, 0) is 42.2 Å². The Balaban J connectivity index is 1.60. The molecule has 0 unspecified atom stereocenters. The molecule has 0 saturated carbocycles. The zero-order valence-electron chi connectivity index (χ0n) is 21.0. The Hall–Kier alpha value is -2.98. The summed E-state index contributed by atoms with van der Waals surface area (Å²) in [4.78, 5) is 27.2. The number of rotatable bonds is 5. The number of aliphatic hydroxyl groups is 1. The van der Waals surface area contributed by atoms with Gasteiger partial charge in [-0.2, -0.15) is 13.2 Å². The fourth-order valence-electron chi connectivity index (χ4n) is 4.83. The number of halogens is 4. The van der Waals surface area contributed by atoms with Gasteiger partial charge in [-0.3, -0.25) is 4.79 Å². The molecule has 1 aliphatic rings. The minimum Gasteiger partial charge on any atom is -0.384 e. The second kappa shape index (κ2) is 9.72. The van der Waals surface area contributed by atoms with Gasteiger partial charge in [0.1, 0.15) is 23.6 Å². The highest BCUT2D eigenvalue weighted by atomic mass is 35.5. The van der Waals surface area contributed by atoms with E-state index in [0.29, 0.717) is 18.0 Å². The number of aromatic nitrogens is 3. The number of nitrogens with one attached hydrogen (secondary N) is 1. The van der Waals surface area contributed by atoms with Crippen molar-refractivity contribution in [3.8, 4) is 0 Å². The van der Waals surface area contributed by atoms with Gasteiger partial charge in [-0.25, -0.2) is 15.0 Å². The highest BCUT2D eigenvalue weighted by Crippen LogP contribution is 2.46. The van der Waals surface area contributed by atoms with E-state index in [0.717, 1.165) is 11.6 Å². The van der Waals surface area contributed by atoms with E-state index in [9.17, 15) is 23.1 Å². The number of alkyl halides is 3. The lowest BCUT2D eigenvalue weighted by atomic mass is 9.66. The molecule has 2 aromatic heterocycles. The Morgan fingerprint density at radius 3 is 2.41 bits per heavy atom. The monoisotopic (exact) mass is 535 g/mol. The molecule has 3 heterocycles. The second-order valence-corrected chi connectivity index (χ2v) is 10.8. The molecule has 11 heteroatoms. The molecule has 7 nitrogen and oxygen atoms in total. The van der Waals surface area contributed by atoms with Crippen molar-refractivity contribution >= 4 is 34.4 Å². The lowest BCUT2D eigenvalue weighted by molar-refractivity contribution is -0.154. The van der Waals surface area contributed by atoms with Crippen LogP contribution in [-0.4, -0.2) is 50.0 Å². The van der Waals surface area contributed by atoms with Crippen molar-refractivity contribution in [2.75, 3.05) is 18.4 Å². The second-order valence-electron chi connectivity index (χ2n) is 10.4. The molecule has 0 bridgehead atoms. The summed E-state index contributed by atoms with van der Waals surface area (Å²) in [5.41, 5.74) is -2.03. The van der Waals surface area contributed by atoms with Crippen LogP contribution in [0.3, 0.4) is 0 Å². The maximum absolute atomic E-state index is 13.7. The largest absolute Gasteiger partial charge is 0.433 e. The number of piperidine rings is 1. The summed E-state index contributed by atoms with van der Waals surface area (Å²) in [5.74, 6) is -0.402. The first-order valence-corrected chi connectivity index (χ1v) is 12.3. The molecule has 0 spiro atoms. The van der Waals surface area contributed by atoms with Crippen molar-refractivity contribution < 1.29 is 23.1 Å². The van der Waals surface area contributed by atoms with Crippen LogP contribution in [0.4, 0.5) is 19.0 Å². The Kier molecular flexibility index (Phi) is 7.11. The first-order chi connectivity index (χ1) is 17.2. The molecule has 4 rings (SSSR count). The number of carbonyl (C=O) groups is 1. The molecule has 0 aliphatic carbocycles. The molecular weight excluding hydrogens is 507 g/mol. The topological polar surface area (TPSA) is 91.2 Å². The molecule has 198 valence electrons. The van der Waals surface area contributed by atoms with Crippen molar-refractivity contribution in [2.45, 2.75) is 51.9 Å².